The number of aromatic nitrogens is 2. The molecule has 24 heavy (non-hydrogen) atoms. The van der Waals surface area contributed by atoms with Crippen LogP contribution in [0.3, 0.4) is 0 Å². The zero-order chi connectivity index (χ0) is 17.1. The molecular weight excluding hydrogens is 392 g/mol. The summed E-state index contributed by atoms with van der Waals surface area (Å²) in [5.74, 6) is -0.348. The summed E-state index contributed by atoms with van der Waals surface area (Å²) in [6, 6.07) is 15.3. The second-order valence-electron chi connectivity index (χ2n) is 5.29. The number of carboxylic acids is 1. The second kappa shape index (κ2) is 7.20. The Morgan fingerprint density at radius 1 is 1.12 bits per heavy atom. The van der Waals surface area contributed by atoms with Crippen molar-refractivity contribution in [2.45, 2.75) is 12.8 Å². The lowest BCUT2D eigenvalue weighted by Gasteiger charge is -2.08. The van der Waals surface area contributed by atoms with Crippen molar-refractivity contribution in [1.29, 1.82) is 0 Å². The summed E-state index contributed by atoms with van der Waals surface area (Å²) in [6.45, 7) is 0. The maximum absolute atomic E-state index is 11.3. The number of halogens is 2. The molecule has 0 saturated heterocycles. The molecule has 2 aromatic carbocycles. The molecule has 3 aromatic rings. The second-order valence-corrected chi connectivity index (χ2v) is 6.61. The first kappa shape index (κ1) is 16.7. The Bertz CT molecular complexity index is 875. The van der Waals surface area contributed by atoms with E-state index in [-0.39, 0.29) is 5.69 Å². The minimum Gasteiger partial charge on any atom is -0.476 e. The lowest BCUT2D eigenvalue weighted by Crippen LogP contribution is -2.03. The number of aryl methyl sites for hydroxylation is 2. The number of hydrogen-bond acceptors (Lipinski definition) is 2. The van der Waals surface area contributed by atoms with E-state index in [1.165, 1.54) is 0 Å². The monoisotopic (exact) mass is 404 g/mol. The van der Waals surface area contributed by atoms with Crippen LogP contribution in [0.15, 0.2) is 59.2 Å². The third-order valence-electron chi connectivity index (χ3n) is 3.68. The molecule has 0 atom stereocenters. The molecule has 0 saturated carbocycles. The number of aromatic carboxylic acids is 1. The minimum atomic E-state index is -1.04. The van der Waals surface area contributed by atoms with Gasteiger partial charge in [-0.05, 0) is 42.3 Å². The van der Waals surface area contributed by atoms with Crippen molar-refractivity contribution in [3.8, 4) is 5.69 Å². The van der Waals surface area contributed by atoms with E-state index in [9.17, 15) is 9.90 Å². The van der Waals surface area contributed by atoms with Crippen LogP contribution in [-0.2, 0) is 12.8 Å². The zero-order valence-electron chi connectivity index (χ0n) is 12.6. The van der Waals surface area contributed by atoms with Crippen LogP contribution < -0.4 is 0 Å². The van der Waals surface area contributed by atoms with E-state index in [4.69, 9.17) is 11.6 Å². The van der Waals surface area contributed by atoms with Gasteiger partial charge in [0.15, 0.2) is 5.69 Å². The Morgan fingerprint density at radius 2 is 1.83 bits per heavy atom. The molecule has 6 heteroatoms. The summed E-state index contributed by atoms with van der Waals surface area (Å²) < 4.78 is 2.77. The molecule has 3 rings (SSSR count). The van der Waals surface area contributed by atoms with Gasteiger partial charge in [0.1, 0.15) is 5.82 Å². The summed E-state index contributed by atoms with van der Waals surface area (Å²) in [5.41, 5.74) is 1.92. The van der Waals surface area contributed by atoms with Gasteiger partial charge in [-0.15, -0.1) is 0 Å². The van der Waals surface area contributed by atoms with Crippen LogP contribution in [0.5, 0.6) is 0 Å². The molecule has 122 valence electrons. The Morgan fingerprint density at radius 3 is 2.50 bits per heavy atom. The fourth-order valence-electron chi connectivity index (χ4n) is 2.47. The molecule has 4 nitrogen and oxygen atoms in total. The average molecular weight is 406 g/mol. The number of nitrogens with zero attached hydrogens (tertiary/aromatic N) is 2. The maximum atomic E-state index is 11.3. The van der Waals surface area contributed by atoms with Crippen molar-refractivity contribution < 1.29 is 9.90 Å². The molecule has 0 aliphatic rings. The normalized spacial score (nSPS) is 10.8. The van der Waals surface area contributed by atoms with Crippen molar-refractivity contribution in [3.05, 3.63) is 81.3 Å². The van der Waals surface area contributed by atoms with Gasteiger partial charge in [-0.1, -0.05) is 45.7 Å². The lowest BCUT2D eigenvalue weighted by atomic mass is 10.1. The molecule has 0 unspecified atom stereocenters. The zero-order valence-corrected chi connectivity index (χ0v) is 15.0. The van der Waals surface area contributed by atoms with Crippen molar-refractivity contribution in [1.82, 2.24) is 9.55 Å². The van der Waals surface area contributed by atoms with Crippen LogP contribution in [0.25, 0.3) is 5.69 Å². The van der Waals surface area contributed by atoms with Gasteiger partial charge in [0.2, 0.25) is 0 Å². The van der Waals surface area contributed by atoms with E-state index in [0.29, 0.717) is 23.7 Å². The molecule has 0 bridgehead atoms. The lowest BCUT2D eigenvalue weighted by molar-refractivity contribution is 0.0691. The Labute approximate surface area is 152 Å². The predicted molar refractivity (Wildman–Crippen MR) is 97.1 cm³/mol. The molecule has 0 spiro atoms. The van der Waals surface area contributed by atoms with Gasteiger partial charge in [0.05, 0.1) is 0 Å². The van der Waals surface area contributed by atoms with E-state index in [0.717, 1.165) is 15.7 Å². The van der Waals surface area contributed by atoms with E-state index in [1.807, 2.05) is 53.1 Å². The van der Waals surface area contributed by atoms with Crippen molar-refractivity contribution >= 4 is 33.5 Å². The van der Waals surface area contributed by atoms with Crippen LogP contribution in [0.4, 0.5) is 0 Å². The fraction of sp³-hybridized carbons (Fsp3) is 0.111. The van der Waals surface area contributed by atoms with Gasteiger partial charge in [-0.3, -0.25) is 0 Å². The minimum absolute atomic E-state index is 0.0343. The number of carboxylic acid groups (broad SMARTS) is 1. The third kappa shape index (κ3) is 3.68. The molecule has 0 aliphatic carbocycles. The third-order valence-corrected chi connectivity index (χ3v) is 4.58. The molecule has 0 aliphatic heterocycles. The number of benzene rings is 2. The van der Waals surface area contributed by atoms with Crippen LogP contribution in [0, 0.1) is 0 Å². The highest BCUT2D eigenvalue weighted by atomic mass is 79.9. The van der Waals surface area contributed by atoms with Gasteiger partial charge < -0.3 is 9.67 Å². The van der Waals surface area contributed by atoms with Gasteiger partial charge in [0.25, 0.3) is 0 Å². The van der Waals surface area contributed by atoms with E-state index in [2.05, 4.69) is 20.9 Å². The molecule has 1 N–H and O–H groups in total. The van der Waals surface area contributed by atoms with Gasteiger partial charge >= 0.3 is 5.97 Å². The molecular formula is C18H14BrClN2O2. The molecule has 1 aromatic heterocycles. The SMILES string of the molecule is O=C(O)c1cn(-c2ccc(Br)cc2)c(CCc2ccccc2Cl)n1. The first-order valence-corrected chi connectivity index (χ1v) is 8.52. The molecule has 0 fully saturated rings. The number of carbonyl (C=O) groups is 1. The number of imidazole rings is 1. The number of hydrogen-bond donors (Lipinski definition) is 1. The summed E-state index contributed by atoms with van der Waals surface area (Å²) >= 11 is 9.59. The number of rotatable bonds is 5. The smallest absolute Gasteiger partial charge is 0.356 e. The molecule has 1 heterocycles. The van der Waals surface area contributed by atoms with Crippen LogP contribution in [0.1, 0.15) is 21.9 Å². The topological polar surface area (TPSA) is 55.1 Å². The maximum Gasteiger partial charge on any atom is 0.356 e. The quantitative estimate of drug-likeness (QED) is 0.665. The first-order valence-electron chi connectivity index (χ1n) is 7.35. The van der Waals surface area contributed by atoms with Crippen molar-refractivity contribution in [2.24, 2.45) is 0 Å². The van der Waals surface area contributed by atoms with Gasteiger partial charge in [-0.2, -0.15) is 0 Å². The molecule has 0 radical (unpaired) electrons. The average Bonchev–Trinajstić information content (AvgIpc) is 2.99. The highest BCUT2D eigenvalue weighted by Gasteiger charge is 2.15. The van der Waals surface area contributed by atoms with E-state index >= 15 is 0 Å². The summed E-state index contributed by atoms with van der Waals surface area (Å²) in [5, 5.41) is 9.94. The standard InChI is InChI=1S/C18H14BrClN2O2/c19-13-6-8-14(9-7-13)22-11-16(18(23)24)21-17(22)10-5-12-3-1-2-4-15(12)20/h1-4,6-9,11H,5,10H2,(H,23,24). The Balaban J connectivity index is 1.92. The van der Waals surface area contributed by atoms with Gasteiger partial charge in [-0.25, -0.2) is 9.78 Å². The largest absolute Gasteiger partial charge is 0.476 e. The summed E-state index contributed by atoms with van der Waals surface area (Å²) in [4.78, 5) is 15.5. The van der Waals surface area contributed by atoms with E-state index in [1.54, 1.807) is 6.20 Å². The first-order chi connectivity index (χ1) is 11.5. The summed E-state index contributed by atoms with van der Waals surface area (Å²) in [7, 11) is 0. The Hall–Kier alpha value is -2.11. The molecule has 0 amide bonds. The highest BCUT2D eigenvalue weighted by Crippen LogP contribution is 2.20. The van der Waals surface area contributed by atoms with Crippen molar-refractivity contribution in [2.75, 3.05) is 0 Å². The van der Waals surface area contributed by atoms with E-state index < -0.39 is 5.97 Å². The predicted octanol–water partition coefficient (Wildman–Crippen LogP) is 4.77. The van der Waals surface area contributed by atoms with Crippen LogP contribution in [0.2, 0.25) is 5.02 Å². The van der Waals surface area contributed by atoms with Crippen molar-refractivity contribution in [3.63, 3.8) is 0 Å². The van der Waals surface area contributed by atoms with Gasteiger partial charge in [0, 0.05) is 27.8 Å². The summed E-state index contributed by atoms with van der Waals surface area (Å²) in [6.07, 6.45) is 2.83. The van der Waals surface area contributed by atoms with Crippen LogP contribution >= 0.6 is 27.5 Å². The Kier molecular flexibility index (Phi) is 5.02. The van der Waals surface area contributed by atoms with Crippen LogP contribution in [-0.4, -0.2) is 20.6 Å². The highest BCUT2D eigenvalue weighted by molar-refractivity contribution is 9.10. The fourth-order valence-corrected chi connectivity index (χ4v) is 2.97.